The number of thiol groups is 1. The van der Waals surface area contributed by atoms with Crippen LogP contribution in [0.1, 0.15) is 62.5 Å². The summed E-state index contributed by atoms with van der Waals surface area (Å²) in [5.74, 6) is 0.00766. The van der Waals surface area contributed by atoms with Crippen molar-refractivity contribution in [2.75, 3.05) is 5.75 Å². The van der Waals surface area contributed by atoms with Crippen LogP contribution in [0.4, 0.5) is 0 Å². The number of nitrogens with zero attached hydrogens (tertiary/aromatic N) is 2. The topological polar surface area (TPSA) is 158 Å². The lowest BCUT2D eigenvalue weighted by Crippen LogP contribution is -2.46. The number of carboxylic acids is 2. The number of aliphatic hydroxyl groups excluding tert-OH is 1. The molecule has 0 aromatic carbocycles. The number of hydrazine groups is 1. The number of hydrogen-bond acceptors (Lipinski definition) is 7. The van der Waals surface area contributed by atoms with Gasteiger partial charge in [0.2, 0.25) is 5.91 Å². The molecule has 4 saturated heterocycles. The van der Waals surface area contributed by atoms with Crippen molar-refractivity contribution in [1.29, 1.82) is 0 Å². The summed E-state index contributed by atoms with van der Waals surface area (Å²) < 4.78 is 0. The number of rotatable bonds is 12. The average Bonchev–Trinajstić information content (AvgIpc) is 3.91. The van der Waals surface area contributed by atoms with Crippen molar-refractivity contribution in [2.24, 2.45) is 17.8 Å². The van der Waals surface area contributed by atoms with Crippen molar-refractivity contribution in [3.63, 3.8) is 0 Å². The van der Waals surface area contributed by atoms with E-state index in [4.69, 9.17) is 0 Å². The minimum atomic E-state index is -0.872. The van der Waals surface area contributed by atoms with Crippen molar-refractivity contribution < 1.29 is 29.7 Å². The summed E-state index contributed by atoms with van der Waals surface area (Å²) in [6.07, 6.45) is 5.07. The maximum atomic E-state index is 12.8. The van der Waals surface area contributed by atoms with E-state index in [1.54, 1.807) is 6.08 Å². The van der Waals surface area contributed by atoms with Crippen LogP contribution < -0.4 is 10.6 Å². The number of nitrogens with one attached hydrogen (secondary N) is 3. The molecular formula is C33H42N5O6S+. The lowest BCUT2D eigenvalue weighted by atomic mass is 9.85. The van der Waals surface area contributed by atoms with Crippen LogP contribution in [0.3, 0.4) is 0 Å². The van der Waals surface area contributed by atoms with Crippen molar-refractivity contribution in [2.45, 2.75) is 88.8 Å². The fraction of sp³-hybridized carbons (Fsp3) is 0.545. The zero-order chi connectivity index (χ0) is 32.1. The molecule has 6 aliphatic heterocycles. The van der Waals surface area contributed by atoms with E-state index < -0.39 is 11.9 Å². The minimum Gasteiger partial charge on any atom is -0.495 e. The third-order valence-corrected chi connectivity index (χ3v) is 12.3. The van der Waals surface area contributed by atoms with Gasteiger partial charge < -0.3 is 30.9 Å². The third-order valence-electron chi connectivity index (χ3n) is 11.2. The molecule has 1 aromatic rings. The van der Waals surface area contributed by atoms with E-state index in [2.05, 4.69) is 45.2 Å². The maximum Gasteiger partial charge on any atom is 0.303 e. The molecule has 11 nitrogen and oxygen atoms in total. The molecule has 1 spiro atoms. The second kappa shape index (κ2) is 10.4. The number of aliphatic hydroxyl groups is 1. The number of carboxylic acid groups (broad SMARTS) is 2. The Bertz CT molecular complexity index is 1620. The Hall–Kier alpha value is -3.64. The van der Waals surface area contributed by atoms with Crippen LogP contribution in [0, 0.1) is 24.7 Å². The van der Waals surface area contributed by atoms with E-state index in [1.165, 1.54) is 11.8 Å². The maximum absolute atomic E-state index is 12.8. The molecule has 1 aromatic heterocycles. The van der Waals surface area contributed by atoms with E-state index in [1.807, 2.05) is 20.8 Å². The minimum absolute atomic E-state index is 0.00756. The highest BCUT2D eigenvalue weighted by molar-refractivity contribution is 7.86. The molecule has 0 radical (unpaired) electrons. The summed E-state index contributed by atoms with van der Waals surface area (Å²) in [7, 11) is 0. The van der Waals surface area contributed by atoms with Crippen LogP contribution in [0.25, 0.3) is 6.08 Å². The predicted molar refractivity (Wildman–Crippen MR) is 171 cm³/mol. The Labute approximate surface area is 266 Å². The van der Waals surface area contributed by atoms with Gasteiger partial charge in [-0.15, -0.1) is 0 Å². The number of aliphatic carboxylic acids is 2. The first-order chi connectivity index (χ1) is 21.4. The van der Waals surface area contributed by atoms with E-state index in [-0.39, 0.29) is 60.3 Å². The van der Waals surface area contributed by atoms with Crippen LogP contribution >= 0.6 is 0 Å². The van der Waals surface area contributed by atoms with Gasteiger partial charge >= 0.3 is 11.9 Å². The molecule has 9 atom stereocenters. The Balaban J connectivity index is 1.22. The molecule has 1 amide bonds. The highest BCUT2D eigenvalue weighted by Crippen LogP contribution is 2.75. The van der Waals surface area contributed by atoms with Gasteiger partial charge in [-0.1, -0.05) is 26.5 Å². The summed E-state index contributed by atoms with van der Waals surface area (Å²) >= 11 is 1.42. The second-order valence-electron chi connectivity index (χ2n) is 13.5. The normalized spacial score (nSPS) is 36.7. The van der Waals surface area contributed by atoms with E-state index in [0.717, 1.165) is 50.7 Å². The van der Waals surface area contributed by atoms with Crippen LogP contribution in [-0.2, 0) is 39.0 Å². The summed E-state index contributed by atoms with van der Waals surface area (Å²) in [5, 5.41) is 41.1. The van der Waals surface area contributed by atoms with Crippen molar-refractivity contribution in [1.82, 2.24) is 25.6 Å². The molecule has 0 bridgehead atoms. The molecule has 0 aliphatic carbocycles. The Kier molecular flexibility index (Phi) is 6.97. The average molecular weight is 637 g/mol. The largest absolute Gasteiger partial charge is 0.495 e. The Morgan fingerprint density at radius 2 is 1.80 bits per heavy atom. The zero-order valence-electron chi connectivity index (χ0n) is 26.1. The highest BCUT2D eigenvalue weighted by atomic mass is 32.2. The van der Waals surface area contributed by atoms with Gasteiger partial charge in [-0.05, 0) is 66.8 Å². The molecule has 6 N–H and O–H groups in total. The molecule has 4 fully saturated rings. The lowest BCUT2D eigenvalue weighted by Gasteiger charge is -2.25. The summed E-state index contributed by atoms with van der Waals surface area (Å²) in [6.45, 7) is 12.0. The van der Waals surface area contributed by atoms with Gasteiger partial charge in [0.15, 0.2) is 22.5 Å². The van der Waals surface area contributed by atoms with E-state index >= 15 is 0 Å². The number of carbonyl (C=O) groups is 3. The Morgan fingerprint density at radius 3 is 2.42 bits per heavy atom. The lowest BCUT2D eigenvalue weighted by molar-refractivity contribution is -0.138. The first kappa shape index (κ1) is 30.0. The highest BCUT2D eigenvalue weighted by Gasteiger charge is 2.91. The number of aromatic nitrogens is 1. The predicted octanol–water partition coefficient (Wildman–Crippen LogP) is 2.54. The molecule has 45 heavy (non-hydrogen) atoms. The van der Waals surface area contributed by atoms with Crippen molar-refractivity contribution in [3.8, 4) is 0 Å². The van der Waals surface area contributed by atoms with Crippen LogP contribution in [-0.4, -0.2) is 83.0 Å². The van der Waals surface area contributed by atoms with Gasteiger partial charge in [0.1, 0.15) is 0 Å². The molecule has 7 heterocycles. The molecule has 3 unspecified atom stereocenters. The van der Waals surface area contributed by atoms with Gasteiger partial charge in [-0.3, -0.25) is 19.4 Å². The van der Waals surface area contributed by atoms with E-state index in [9.17, 15) is 29.7 Å². The fourth-order valence-electron chi connectivity index (χ4n) is 8.55. The van der Waals surface area contributed by atoms with Crippen LogP contribution in [0.2, 0.25) is 0 Å². The standard InChI is InChI=1S/C33H41N5O6S/c1-6-18-14(2)22(35-32(18)44)11-21-15(3)19(7-9-26(39)40)23(34-21)12-24-20(8-10-27(41)42)17(5)33-30(38(33)37(24)33)29-28(25-13-45-25)16(4)31(43)36-29/h6,12,14,16,22,25,28-30,34-35,44H,1,7-11,13H2,2-5H3,(H,36,43)(H,39,40)(H,41,42)/p+1/b24-12-/t14?,16-,22-,25+,28+,29?,30+,33-,37?,38?/m1/s1. The summed E-state index contributed by atoms with van der Waals surface area (Å²) in [6, 6.07) is 0.163. The summed E-state index contributed by atoms with van der Waals surface area (Å²) in [4.78, 5) is 39.7. The summed E-state index contributed by atoms with van der Waals surface area (Å²) in [5.41, 5.74) is 7.24. The molecular weight excluding hydrogens is 594 g/mol. The smallest absolute Gasteiger partial charge is 0.303 e. The second-order valence-corrected chi connectivity index (χ2v) is 14.8. The zero-order valence-corrected chi connectivity index (χ0v) is 26.9. The van der Waals surface area contributed by atoms with Gasteiger partial charge in [0, 0.05) is 60.0 Å². The SMILES string of the molecule is C=CC1=C(O)N[C@H](Cc2[nH]c(/C=C3/C(CCC(=O)O)=C(C)[C@]45[C@H](C6NC(=O)[C@H](C)[C@H]6[C@@H]6C[SH+]6)N4N35)c(CCC(=O)O)c2C)C1C. The number of fused-ring (bicyclic) bond motifs is 1. The number of aromatic amines is 1. The first-order valence-electron chi connectivity index (χ1n) is 15.9. The number of amides is 1. The fourth-order valence-corrected chi connectivity index (χ4v) is 9.60. The number of hydrogen-bond donors (Lipinski definition) is 6. The third kappa shape index (κ3) is 4.46. The van der Waals surface area contributed by atoms with Crippen LogP contribution in [0.5, 0.6) is 0 Å². The van der Waals surface area contributed by atoms with Gasteiger partial charge in [-0.25, -0.2) is 0 Å². The molecule has 240 valence electrons. The monoisotopic (exact) mass is 636 g/mol. The van der Waals surface area contributed by atoms with Crippen molar-refractivity contribution >= 4 is 35.7 Å². The molecule has 12 heteroatoms. The first-order valence-corrected chi connectivity index (χ1v) is 17.0. The van der Waals surface area contributed by atoms with Gasteiger partial charge in [0.25, 0.3) is 0 Å². The number of carbonyl (C=O) groups excluding carboxylic acids is 1. The van der Waals surface area contributed by atoms with Crippen LogP contribution in [0.15, 0.2) is 41.0 Å². The molecule has 7 rings (SSSR count). The van der Waals surface area contributed by atoms with Gasteiger partial charge in [0.05, 0.1) is 17.8 Å². The van der Waals surface area contributed by atoms with Gasteiger partial charge in [-0.2, -0.15) is 5.01 Å². The molecule has 6 aliphatic rings. The Morgan fingerprint density at radius 1 is 1.11 bits per heavy atom. The quantitative estimate of drug-likeness (QED) is 0.115. The van der Waals surface area contributed by atoms with Crippen molar-refractivity contribution in [3.05, 3.63) is 63.5 Å². The van der Waals surface area contributed by atoms with E-state index in [0.29, 0.717) is 30.4 Å². The molecule has 0 saturated carbocycles. The number of H-pyrrole nitrogens is 1. The number of allylic oxidation sites excluding steroid dienone is 2.